The van der Waals surface area contributed by atoms with Crippen LogP contribution < -0.4 is 30.7 Å². The number of rotatable bonds is 10. The molecule has 1 heterocycles. The molecular formula is C23H27N7O3S. The fourth-order valence-corrected chi connectivity index (χ4v) is 4.17. The van der Waals surface area contributed by atoms with Gasteiger partial charge in [-0.25, -0.2) is 0 Å². The largest absolute Gasteiger partial charge is 0.360 e. The first-order valence-corrected chi connectivity index (χ1v) is 11.6. The van der Waals surface area contributed by atoms with E-state index in [1.165, 1.54) is 10.8 Å². The zero-order valence-corrected chi connectivity index (χ0v) is 20.2. The normalized spacial score (nSPS) is 12.0. The molecule has 0 atom stereocenters. The molecule has 10 nitrogen and oxygen atoms in total. The van der Waals surface area contributed by atoms with Crippen LogP contribution >= 0.6 is 11.3 Å². The summed E-state index contributed by atoms with van der Waals surface area (Å²) in [5.74, 6) is -0.826. The number of hydrogen-bond acceptors (Lipinski definition) is 8. The number of benzene rings is 1. The van der Waals surface area contributed by atoms with E-state index in [9.17, 15) is 19.6 Å². The zero-order valence-electron chi connectivity index (χ0n) is 19.3. The van der Waals surface area contributed by atoms with Crippen LogP contribution in [0.15, 0.2) is 29.1 Å². The van der Waals surface area contributed by atoms with Gasteiger partial charge in [-0.1, -0.05) is 19.9 Å². The van der Waals surface area contributed by atoms with E-state index in [1.807, 2.05) is 24.8 Å². The van der Waals surface area contributed by atoms with E-state index in [4.69, 9.17) is 5.26 Å². The fourth-order valence-electron chi connectivity index (χ4n) is 3.08. The predicted molar refractivity (Wildman–Crippen MR) is 132 cm³/mol. The van der Waals surface area contributed by atoms with Gasteiger partial charge in [0.25, 0.3) is 11.5 Å². The Hall–Kier alpha value is -3.93. The molecule has 0 aliphatic rings. The molecule has 3 N–H and O–H groups in total. The SMILES string of the molecule is CCN(CC)CC(=O)Nc1cccc(NC=c2sc(=C(C#N)C(=O)NCC#N)n(CC)c2=O)c1. The minimum Gasteiger partial charge on any atom is -0.360 e. The Balaban J connectivity index is 2.32. The molecule has 0 radical (unpaired) electrons. The number of aromatic nitrogens is 1. The van der Waals surface area contributed by atoms with E-state index in [-0.39, 0.29) is 34.8 Å². The Morgan fingerprint density at radius 3 is 2.50 bits per heavy atom. The molecule has 0 aliphatic heterocycles. The third-order valence-corrected chi connectivity index (χ3v) is 6.01. The van der Waals surface area contributed by atoms with E-state index in [0.717, 1.165) is 24.4 Å². The lowest BCUT2D eigenvalue weighted by molar-refractivity contribution is -0.117. The topological polar surface area (TPSA) is 143 Å². The number of carbonyl (C=O) groups is 2. The molecule has 1 aromatic carbocycles. The Kier molecular flexibility index (Phi) is 10.0. The molecule has 34 heavy (non-hydrogen) atoms. The second kappa shape index (κ2) is 12.9. The maximum Gasteiger partial charge on any atom is 0.270 e. The van der Waals surface area contributed by atoms with E-state index in [2.05, 4.69) is 16.0 Å². The van der Waals surface area contributed by atoms with Crippen LogP contribution in [0.5, 0.6) is 0 Å². The van der Waals surface area contributed by atoms with Crippen molar-refractivity contribution in [2.24, 2.45) is 0 Å². The summed E-state index contributed by atoms with van der Waals surface area (Å²) in [7, 11) is 0. The van der Waals surface area contributed by atoms with Gasteiger partial charge in [0.2, 0.25) is 5.91 Å². The van der Waals surface area contributed by atoms with Gasteiger partial charge in [-0.2, -0.15) is 10.5 Å². The van der Waals surface area contributed by atoms with E-state index in [0.29, 0.717) is 22.5 Å². The molecule has 0 spiro atoms. The van der Waals surface area contributed by atoms with Gasteiger partial charge >= 0.3 is 0 Å². The molecule has 178 valence electrons. The molecule has 2 aromatic rings. The second-order valence-corrected chi connectivity index (χ2v) is 8.06. The Morgan fingerprint density at radius 2 is 1.88 bits per heavy atom. The molecule has 0 fully saturated rings. The average Bonchev–Trinajstić information content (AvgIpc) is 3.15. The summed E-state index contributed by atoms with van der Waals surface area (Å²) in [5.41, 5.74) is 0.688. The van der Waals surface area contributed by atoms with E-state index >= 15 is 0 Å². The van der Waals surface area contributed by atoms with E-state index < -0.39 is 5.91 Å². The van der Waals surface area contributed by atoms with Crippen molar-refractivity contribution >= 4 is 46.3 Å². The molecule has 2 amide bonds. The smallest absolute Gasteiger partial charge is 0.270 e. The highest BCUT2D eigenvalue weighted by Gasteiger charge is 2.15. The molecule has 2 rings (SSSR count). The maximum absolute atomic E-state index is 12.8. The summed E-state index contributed by atoms with van der Waals surface area (Å²) in [6.45, 7) is 7.61. The number of carbonyl (C=O) groups excluding carboxylic acids is 2. The van der Waals surface area contributed by atoms with Crippen molar-refractivity contribution in [1.82, 2.24) is 14.8 Å². The summed E-state index contributed by atoms with van der Waals surface area (Å²) in [6.07, 6.45) is 1.50. The van der Waals surface area contributed by atoms with Crippen LogP contribution in [0.3, 0.4) is 0 Å². The Labute approximate surface area is 201 Å². The predicted octanol–water partition coefficient (Wildman–Crippen LogP) is 0.374. The average molecular weight is 482 g/mol. The molecule has 0 saturated carbocycles. The van der Waals surface area contributed by atoms with Crippen molar-refractivity contribution in [3.05, 3.63) is 43.8 Å². The lowest BCUT2D eigenvalue weighted by Gasteiger charge is -2.17. The second-order valence-electron chi connectivity index (χ2n) is 7.03. The van der Waals surface area contributed by atoms with E-state index in [1.54, 1.807) is 37.3 Å². The molecule has 0 saturated heterocycles. The number of thiazole rings is 1. The minimum atomic E-state index is -0.708. The number of amides is 2. The van der Waals surface area contributed by atoms with Crippen molar-refractivity contribution in [2.45, 2.75) is 27.3 Å². The summed E-state index contributed by atoms with van der Waals surface area (Å²) in [5, 5.41) is 26.3. The first-order valence-electron chi connectivity index (χ1n) is 10.8. The fraction of sp³-hybridized carbons (Fsp3) is 0.348. The van der Waals surface area contributed by atoms with Crippen molar-refractivity contribution in [3.8, 4) is 12.1 Å². The van der Waals surface area contributed by atoms with Crippen molar-refractivity contribution < 1.29 is 9.59 Å². The van der Waals surface area contributed by atoms with Crippen LogP contribution in [-0.4, -0.2) is 47.5 Å². The Bertz CT molecular complexity index is 1290. The van der Waals surface area contributed by atoms with Crippen molar-refractivity contribution in [3.63, 3.8) is 0 Å². The van der Waals surface area contributed by atoms with Crippen molar-refractivity contribution in [2.75, 3.05) is 36.8 Å². The molecule has 0 unspecified atom stereocenters. The van der Waals surface area contributed by atoms with Gasteiger partial charge < -0.3 is 16.0 Å². The molecule has 1 aromatic heterocycles. The third kappa shape index (κ3) is 6.78. The molecule has 0 bridgehead atoms. The molecular weight excluding hydrogens is 454 g/mol. The Morgan fingerprint density at radius 1 is 1.18 bits per heavy atom. The monoisotopic (exact) mass is 481 g/mol. The lowest BCUT2D eigenvalue weighted by atomic mass is 10.2. The molecule has 11 heteroatoms. The number of nitrogens with zero attached hydrogens (tertiary/aromatic N) is 4. The van der Waals surface area contributed by atoms with Crippen LogP contribution in [0.1, 0.15) is 20.8 Å². The van der Waals surface area contributed by atoms with Gasteiger partial charge in [0, 0.05) is 24.1 Å². The first-order chi connectivity index (χ1) is 16.4. The van der Waals surface area contributed by atoms with Crippen LogP contribution in [0.25, 0.3) is 11.8 Å². The van der Waals surface area contributed by atoms with Gasteiger partial charge in [-0.05, 0) is 38.2 Å². The lowest BCUT2D eigenvalue weighted by Crippen LogP contribution is -2.34. The van der Waals surface area contributed by atoms with Crippen LogP contribution in [0.4, 0.5) is 11.4 Å². The summed E-state index contributed by atoms with van der Waals surface area (Å²) in [4.78, 5) is 39.3. The van der Waals surface area contributed by atoms with Crippen molar-refractivity contribution in [1.29, 1.82) is 10.5 Å². The van der Waals surface area contributed by atoms with Gasteiger partial charge in [0.05, 0.1) is 12.6 Å². The zero-order chi connectivity index (χ0) is 25.1. The van der Waals surface area contributed by atoms with Gasteiger partial charge in [0.1, 0.15) is 21.8 Å². The third-order valence-electron chi connectivity index (χ3n) is 4.88. The van der Waals surface area contributed by atoms with Gasteiger partial charge in [-0.15, -0.1) is 11.3 Å². The molecule has 0 aliphatic carbocycles. The summed E-state index contributed by atoms with van der Waals surface area (Å²) in [6, 6.07) is 10.7. The minimum absolute atomic E-state index is 0.118. The first kappa shape index (κ1) is 26.3. The summed E-state index contributed by atoms with van der Waals surface area (Å²) >= 11 is 1.00. The number of anilines is 2. The maximum atomic E-state index is 12.8. The van der Waals surface area contributed by atoms with Gasteiger partial charge in [0.15, 0.2) is 5.57 Å². The number of likely N-dealkylation sites (N-methyl/N-ethyl adjacent to an activating group) is 1. The van der Waals surface area contributed by atoms with Gasteiger partial charge in [-0.3, -0.25) is 23.9 Å². The highest BCUT2D eigenvalue weighted by atomic mass is 32.1. The number of nitriles is 2. The standard InChI is InChI=1S/C23H27N7O3S/c1-4-29(5-2)15-20(31)28-17-9-7-8-16(12-17)27-14-19-22(33)30(6-3)23(34-19)18(13-25)21(32)26-11-10-24/h7-9,12,14,27H,4-6,11,15H2,1-3H3,(H,26,32)(H,28,31). The van der Waals surface area contributed by atoms with Crippen LogP contribution in [-0.2, 0) is 16.1 Å². The quantitative estimate of drug-likeness (QED) is 0.416. The number of nitrogens with one attached hydrogen (secondary N) is 3. The highest BCUT2D eigenvalue weighted by molar-refractivity contribution is 7.07. The van der Waals surface area contributed by atoms with Crippen LogP contribution in [0.2, 0.25) is 0 Å². The number of hydrogen-bond donors (Lipinski definition) is 3. The highest BCUT2D eigenvalue weighted by Crippen LogP contribution is 2.15. The van der Waals surface area contributed by atoms with Crippen LogP contribution in [0, 0.1) is 22.7 Å². The summed E-state index contributed by atoms with van der Waals surface area (Å²) < 4.78 is 1.86.